The van der Waals surface area contributed by atoms with Crippen LogP contribution in [0.3, 0.4) is 0 Å². The molecule has 130 valence electrons. The summed E-state index contributed by atoms with van der Waals surface area (Å²) in [5.74, 6) is 1.49. The number of rotatable bonds is 5. The van der Waals surface area contributed by atoms with Crippen LogP contribution in [0, 0.1) is 5.92 Å². The lowest BCUT2D eigenvalue weighted by atomic mass is 9.74. The number of hydrogen-bond acceptors (Lipinski definition) is 2. The van der Waals surface area contributed by atoms with E-state index in [1.54, 1.807) is 6.07 Å². The lowest BCUT2D eigenvalue weighted by Gasteiger charge is -2.32. The van der Waals surface area contributed by atoms with Gasteiger partial charge in [-0.25, -0.2) is 0 Å². The standard InChI is InChI=1S/C23H26O2/c1-16(2)19-13-12-17(3)14-20(19)23-21(24)10-7-11-22(23)25-15-18-8-5-4-6-9-18/h4-11,14,19-20,24H,1,12-13,15H2,2-3H3. The zero-order chi connectivity index (χ0) is 17.8. The van der Waals surface area contributed by atoms with Crippen molar-refractivity contribution in [2.75, 3.05) is 0 Å². The summed E-state index contributed by atoms with van der Waals surface area (Å²) in [6, 6.07) is 15.6. The third kappa shape index (κ3) is 3.96. The van der Waals surface area contributed by atoms with Crippen LogP contribution in [0.25, 0.3) is 0 Å². The molecule has 2 aromatic carbocycles. The van der Waals surface area contributed by atoms with Crippen molar-refractivity contribution in [1.29, 1.82) is 0 Å². The van der Waals surface area contributed by atoms with Crippen molar-refractivity contribution >= 4 is 0 Å². The highest BCUT2D eigenvalue weighted by Crippen LogP contribution is 2.46. The first-order valence-electron chi connectivity index (χ1n) is 8.87. The minimum absolute atomic E-state index is 0.109. The van der Waals surface area contributed by atoms with Gasteiger partial charge in [0.2, 0.25) is 0 Å². The second kappa shape index (κ2) is 7.60. The molecule has 0 amide bonds. The lowest BCUT2D eigenvalue weighted by Crippen LogP contribution is -2.18. The van der Waals surface area contributed by atoms with E-state index in [2.05, 4.69) is 26.5 Å². The molecule has 2 unspecified atom stereocenters. The molecule has 0 saturated carbocycles. The summed E-state index contributed by atoms with van der Waals surface area (Å²) in [5, 5.41) is 10.6. The van der Waals surface area contributed by atoms with Gasteiger partial charge in [0.05, 0.1) is 0 Å². The number of phenolic OH excluding ortho intramolecular Hbond substituents is 1. The molecule has 2 heteroatoms. The molecule has 1 aliphatic rings. The largest absolute Gasteiger partial charge is 0.508 e. The molecule has 3 rings (SSSR count). The molecular formula is C23H26O2. The van der Waals surface area contributed by atoms with Gasteiger partial charge in [0, 0.05) is 11.5 Å². The quantitative estimate of drug-likeness (QED) is 0.681. The fourth-order valence-electron chi connectivity index (χ4n) is 3.63. The van der Waals surface area contributed by atoms with Crippen LogP contribution in [0.5, 0.6) is 11.5 Å². The molecule has 0 bridgehead atoms. The van der Waals surface area contributed by atoms with Crippen molar-refractivity contribution in [2.24, 2.45) is 5.92 Å². The second-order valence-corrected chi connectivity index (χ2v) is 6.99. The van der Waals surface area contributed by atoms with Crippen LogP contribution in [0.1, 0.15) is 43.7 Å². The molecule has 1 aliphatic carbocycles. The summed E-state index contributed by atoms with van der Waals surface area (Å²) in [6.07, 6.45) is 4.42. The van der Waals surface area contributed by atoms with Crippen molar-refractivity contribution in [3.8, 4) is 11.5 Å². The fraction of sp³-hybridized carbons (Fsp3) is 0.304. The van der Waals surface area contributed by atoms with E-state index < -0.39 is 0 Å². The van der Waals surface area contributed by atoms with E-state index in [1.165, 1.54) is 5.57 Å². The van der Waals surface area contributed by atoms with Gasteiger partial charge < -0.3 is 9.84 Å². The fourth-order valence-corrected chi connectivity index (χ4v) is 3.63. The van der Waals surface area contributed by atoms with Crippen molar-refractivity contribution < 1.29 is 9.84 Å². The lowest BCUT2D eigenvalue weighted by molar-refractivity contribution is 0.295. The molecule has 0 aliphatic heterocycles. The van der Waals surface area contributed by atoms with E-state index in [4.69, 9.17) is 4.74 Å². The maximum atomic E-state index is 10.6. The Hall–Kier alpha value is -2.48. The first kappa shape index (κ1) is 17.3. The molecule has 0 aromatic heterocycles. The smallest absolute Gasteiger partial charge is 0.127 e. The highest BCUT2D eigenvalue weighted by atomic mass is 16.5. The molecular weight excluding hydrogens is 308 g/mol. The highest BCUT2D eigenvalue weighted by molar-refractivity contribution is 5.50. The maximum Gasteiger partial charge on any atom is 0.127 e. The van der Waals surface area contributed by atoms with Gasteiger partial charge in [-0.1, -0.05) is 60.2 Å². The number of hydrogen-bond donors (Lipinski definition) is 1. The molecule has 0 radical (unpaired) electrons. The Kier molecular flexibility index (Phi) is 5.28. The molecule has 2 nitrogen and oxygen atoms in total. The first-order valence-corrected chi connectivity index (χ1v) is 8.87. The Morgan fingerprint density at radius 2 is 1.92 bits per heavy atom. The monoisotopic (exact) mass is 334 g/mol. The van der Waals surface area contributed by atoms with Gasteiger partial charge in [-0.05, 0) is 50.3 Å². The van der Waals surface area contributed by atoms with E-state index in [0.29, 0.717) is 18.3 Å². The minimum atomic E-state index is 0.109. The average Bonchev–Trinajstić information content (AvgIpc) is 2.60. The van der Waals surface area contributed by atoms with Gasteiger partial charge in [-0.15, -0.1) is 0 Å². The second-order valence-electron chi connectivity index (χ2n) is 6.99. The van der Waals surface area contributed by atoms with Crippen LogP contribution in [0.4, 0.5) is 0 Å². The van der Waals surface area contributed by atoms with Crippen molar-refractivity contribution in [1.82, 2.24) is 0 Å². The third-order valence-corrected chi connectivity index (χ3v) is 4.99. The van der Waals surface area contributed by atoms with Crippen molar-refractivity contribution in [3.63, 3.8) is 0 Å². The Morgan fingerprint density at radius 3 is 2.64 bits per heavy atom. The zero-order valence-corrected chi connectivity index (χ0v) is 15.0. The Bertz CT molecular complexity index is 774. The van der Waals surface area contributed by atoms with E-state index >= 15 is 0 Å². The minimum Gasteiger partial charge on any atom is -0.508 e. The molecule has 2 atom stereocenters. The molecule has 0 spiro atoms. The molecule has 25 heavy (non-hydrogen) atoms. The van der Waals surface area contributed by atoms with Crippen molar-refractivity contribution in [2.45, 2.75) is 39.2 Å². The van der Waals surface area contributed by atoms with Gasteiger partial charge in [0.25, 0.3) is 0 Å². The number of aromatic hydroxyl groups is 1. The summed E-state index contributed by atoms with van der Waals surface area (Å²) < 4.78 is 6.10. The van der Waals surface area contributed by atoms with Gasteiger partial charge >= 0.3 is 0 Å². The summed E-state index contributed by atoms with van der Waals surface area (Å²) in [7, 11) is 0. The molecule has 0 saturated heterocycles. The van der Waals surface area contributed by atoms with Crippen LogP contribution in [0.2, 0.25) is 0 Å². The Morgan fingerprint density at radius 1 is 1.16 bits per heavy atom. The predicted octanol–water partition coefficient (Wildman–Crippen LogP) is 5.99. The third-order valence-electron chi connectivity index (χ3n) is 4.99. The number of benzene rings is 2. The topological polar surface area (TPSA) is 29.5 Å². The maximum absolute atomic E-state index is 10.6. The number of phenols is 1. The van der Waals surface area contributed by atoms with Gasteiger partial charge in [0.15, 0.2) is 0 Å². The van der Waals surface area contributed by atoms with Crippen LogP contribution in [0.15, 0.2) is 72.3 Å². The van der Waals surface area contributed by atoms with E-state index in [0.717, 1.165) is 35.3 Å². The average molecular weight is 334 g/mol. The van der Waals surface area contributed by atoms with Crippen LogP contribution < -0.4 is 4.74 Å². The summed E-state index contributed by atoms with van der Waals surface area (Å²) >= 11 is 0. The van der Waals surface area contributed by atoms with Crippen LogP contribution in [-0.4, -0.2) is 5.11 Å². The van der Waals surface area contributed by atoms with Gasteiger partial charge in [0.1, 0.15) is 18.1 Å². The van der Waals surface area contributed by atoms with Crippen LogP contribution >= 0.6 is 0 Å². The summed E-state index contributed by atoms with van der Waals surface area (Å²) in [4.78, 5) is 0. The van der Waals surface area contributed by atoms with Gasteiger partial charge in [-0.2, -0.15) is 0 Å². The Balaban J connectivity index is 1.94. The normalized spacial score (nSPS) is 20.0. The molecule has 1 N–H and O–H groups in total. The number of ether oxygens (including phenoxy) is 1. The van der Waals surface area contributed by atoms with Gasteiger partial charge in [-0.3, -0.25) is 0 Å². The zero-order valence-electron chi connectivity index (χ0n) is 15.0. The molecule has 0 heterocycles. The molecule has 0 fully saturated rings. The SMILES string of the molecule is C=C(C)C1CCC(C)=CC1c1c(O)cccc1OCc1ccccc1. The number of allylic oxidation sites excluding steroid dienone is 3. The Labute approximate surface area is 150 Å². The van der Waals surface area contributed by atoms with E-state index in [1.807, 2.05) is 42.5 Å². The summed E-state index contributed by atoms with van der Waals surface area (Å²) in [6.45, 7) is 8.91. The molecule has 2 aromatic rings. The van der Waals surface area contributed by atoms with Crippen molar-refractivity contribution in [3.05, 3.63) is 83.5 Å². The van der Waals surface area contributed by atoms with E-state index in [-0.39, 0.29) is 5.92 Å². The predicted molar refractivity (Wildman–Crippen MR) is 103 cm³/mol. The highest BCUT2D eigenvalue weighted by Gasteiger charge is 2.30. The van der Waals surface area contributed by atoms with E-state index in [9.17, 15) is 5.11 Å². The first-order chi connectivity index (χ1) is 12.1. The van der Waals surface area contributed by atoms with Crippen LogP contribution in [-0.2, 0) is 6.61 Å². The summed E-state index contributed by atoms with van der Waals surface area (Å²) in [5.41, 5.74) is 4.51.